The zero-order valence-electron chi connectivity index (χ0n) is 19.4. The van der Waals surface area contributed by atoms with E-state index in [2.05, 4.69) is 0 Å². The summed E-state index contributed by atoms with van der Waals surface area (Å²) in [6.07, 6.45) is 3.38. The molecule has 0 bridgehead atoms. The van der Waals surface area contributed by atoms with Crippen LogP contribution in [0.15, 0.2) is 97.1 Å². The third-order valence-electron chi connectivity index (χ3n) is 5.50. The van der Waals surface area contributed by atoms with Crippen molar-refractivity contribution in [2.75, 3.05) is 6.61 Å². The van der Waals surface area contributed by atoms with Crippen LogP contribution in [0.25, 0.3) is 0 Å². The summed E-state index contributed by atoms with van der Waals surface area (Å²) in [4.78, 5) is 36.0. The summed E-state index contributed by atoms with van der Waals surface area (Å²) < 4.78 is 10.7. The summed E-state index contributed by atoms with van der Waals surface area (Å²) in [5.74, 6) is -2.06. The lowest BCUT2D eigenvalue weighted by molar-refractivity contribution is -0.384. The predicted octanol–water partition coefficient (Wildman–Crippen LogP) is 5.72. The summed E-state index contributed by atoms with van der Waals surface area (Å²) >= 11 is 0. The minimum Gasteiger partial charge on any atom is -0.463 e. The van der Waals surface area contributed by atoms with Gasteiger partial charge in [0, 0.05) is 24.1 Å². The second-order valence-corrected chi connectivity index (χ2v) is 7.83. The van der Waals surface area contributed by atoms with Crippen molar-refractivity contribution in [3.05, 3.63) is 124 Å². The first-order valence-electron chi connectivity index (χ1n) is 11.3. The average Bonchev–Trinajstić information content (AvgIpc) is 2.88. The van der Waals surface area contributed by atoms with E-state index in [1.54, 1.807) is 25.1 Å². The van der Waals surface area contributed by atoms with Crippen LogP contribution >= 0.6 is 0 Å². The number of hydrogen-bond acceptors (Lipinski definition) is 6. The van der Waals surface area contributed by atoms with Gasteiger partial charge in [0.1, 0.15) is 6.61 Å². The Labute approximate surface area is 204 Å². The van der Waals surface area contributed by atoms with E-state index in [1.165, 1.54) is 18.2 Å². The van der Waals surface area contributed by atoms with Crippen LogP contribution in [0.4, 0.5) is 5.69 Å². The Morgan fingerprint density at radius 1 is 0.886 bits per heavy atom. The summed E-state index contributed by atoms with van der Waals surface area (Å²) in [5.41, 5.74) is 2.25. The Morgan fingerprint density at radius 3 is 2.11 bits per heavy atom. The standard InChI is InChI=1S/C28H27NO6/c1-2-34-26(30)15-9-14-25(22-12-7-4-8-13-22)27(23-16-18-24(19-17-23)29(32)33)28(31)35-20-21-10-5-3-6-11-21/h3-13,15-19,25,27H,2,14,20H2,1H3/b15-9+. The van der Waals surface area contributed by atoms with Crippen molar-refractivity contribution < 1.29 is 24.0 Å². The topological polar surface area (TPSA) is 95.7 Å². The number of allylic oxidation sites excluding steroid dienone is 1. The van der Waals surface area contributed by atoms with E-state index in [4.69, 9.17) is 9.47 Å². The second-order valence-electron chi connectivity index (χ2n) is 7.83. The minimum absolute atomic E-state index is 0.0661. The number of nitrogens with zero attached hydrogens (tertiary/aromatic N) is 1. The number of benzene rings is 3. The number of carbonyl (C=O) groups excluding carboxylic acids is 2. The van der Waals surface area contributed by atoms with Crippen molar-refractivity contribution in [3.63, 3.8) is 0 Å². The van der Waals surface area contributed by atoms with Gasteiger partial charge in [-0.3, -0.25) is 14.9 Å². The Balaban J connectivity index is 1.96. The molecule has 0 fully saturated rings. The van der Waals surface area contributed by atoms with Crippen LogP contribution in [-0.4, -0.2) is 23.5 Å². The van der Waals surface area contributed by atoms with Crippen molar-refractivity contribution in [2.24, 2.45) is 0 Å². The van der Waals surface area contributed by atoms with Crippen LogP contribution < -0.4 is 0 Å². The molecule has 7 nitrogen and oxygen atoms in total. The fourth-order valence-electron chi connectivity index (χ4n) is 3.82. The fraction of sp³-hybridized carbons (Fsp3) is 0.214. The molecule has 0 N–H and O–H groups in total. The fourth-order valence-corrected chi connectivity index (χ4v) is 3.82. The van der Waals surface area contributed by atoms with Gasteiger partial charge in [0.05, 0.1) is 17.4 Å². The maximum Gasteiger partial charge on any atom is 0.330 e. The predicted molar refractivity (Wildman–Crippen MR) is 132 cm³/mol. The molecule has 0 aliphatic rings. The van der Waals surface area contributed by atoms with E-state index in [9.17, 15) is 19.7 Å². The Kier molecular flexibility index (Phi) is 9.31. The molecule has 0 aliphatic heterocycles. The highest BCUT2D eigenvalue weighted by molar-refractivity contribution is 5.82. The summed E-state index contributed by atoms with van der Waals surface area (Å²) in [5, 5.41) is 11.2. The Hall–Kier alpha value is -4.26. The van der Waals surface area contributed by atoms with Crippen LogP contribution in [0, 0.1) is 10.1 Å². The van der Waals surface area contributed by atoms with Gasteiger partial charge in [0.2, 0.25) is 0 Å². The van der Waals surface area contributed by atoms with Gasteiger partial charge in [-0.2, -0.15) is 0 Å². The van der Waals surface area contributed by atoms with E-state index in [0.717, 1.165) is 11.1 Å². The number of esters is 2. The van der Waals surface area contributed by atoms with E-state index in [-0.39, 0.29) is 24.8 Å². The van der Waals surface area contributed by atoms with Gasteiger partial charge in [-0.1, -0.05) is 78.9 Å². The monoisotopic (exact) mass is 473 g/mol. The number of non-ortho nitro benzene ring substituents is 1. The van der Waals surface area contributed by atoms with Gasteiger partial charge in [-0.25, -0.2) is 4.79 Å². The molecule has 0 aliphatic carbocycles. The van der Waals surface area contributed by atoms with Crippen molar-refractivity contribution in [1.82, 2.24) is 0 Å². The molecule has 0 spiro atoms. The molecular formula is C28H27NO6. The van der Waals surface area contributed by atoms with Crippen LogP contribution in [0.2, 0.25) is 0 Å². The van der Waals surface area contributed by atoms with E-state index in [0.29, 0.717) is 12.0 Å². The number of ether oxygens (including phenoxy) is 2. The summed E-state index contributed by atoms with van der Waals surface area (Å²) in [6, 6.07) is 24.7. The van der Waals surface area contributed by atoms with Crippen molar-refractivity contribution in [3.8, 4) is 0 Å². The normalized spacial score (nSPS) is 12.6. The number of carbonyl (C=O) groups is 2. The third kappa shape index (κ3) is 7.37. The molecule has 3 aromatic rings. The SMILES string of the molecule is CCOC(=O)/C=C/CC(c1ccccc1)C(C(=O)OCc1ccccc1)c1ccc([N+](=O)[O-])cc1. The van der Waals surface area contributed by atoms with Gasteiger partial charge in [0.25, 0.3) is 5.69 Å². The number of nitro groups is 1. The van der Waals surface area contributed by atoms with Crippen molar-refractivity contribution in [2.45, 2.75) is 31.8 Å². The molecule has 0 saturated heterocycles. The maximum atomic E-state index is 13.5. The lowest BCUT2D eigenvalue weighted by Crippen LogP contribution is -2.23. The molecule has 0 amide bonds. The molecule has 3 aromatic carbocycles. The average molecular weight is 474 g/mol. The maximum absolute atomic E-state index is 13.5. The first-order valence-corrected chi connectivity index (χ1v) is 11.3. The Morgan fingerprint density at radius 2 is 1.51 bits per heavy atom. The lowest BCUT2D eigenvalue weighted by atomic mass is 9.79. The molecule has 0 saturated carbocycles. The number of hydrogen-bond donors (Lipinski definition) is 0. The smallest absolute Gasteiger partial charge is 0.330 e. The lowest BCUT2D eigenvalue weighted by Gasteiger charge is -2.26. The second kappa shape index (κ2) is 12.8. The van der Waals surface area contributed by atoms with E-state index < -0.39 is 22.8 Å². The summed E-state index contributed by atoms with van der Waals surface area (Å²) in [7, 11) is 0. The van der Waals surface area contributed by atoms with Crippen LogP contribution in [0.3, 0.4) is 0 Å². The highest BCUT2D eigenvalue weighted by Gasteiger charge is 2.32. The zero-order chi connectivity index (χ0) is 25.0. The molecule has 180 valence electrons. The Bertz CT molecular complexity index is 1140. The molecule has 3 rings (SSSR count). The van der Waals surface area contributed by atoms with E-state index in [1.807, 2.05) is 60.7 Å². The number of rotatable bonds is 11. The first-order chi connectivity index (χ1) is 17.0. The molecule has 0 aromatic heterocycles. The minimum atomic E-state index is -0.756. The van der Waals surface area contributed by atoms with Gasteiger partial charge < -0.3 is 9.47 Å². The van der Waals surface area contributed by atoms with Crippen LogP contribution in [-0.2, 0) is 25.7 Å². The van der Waals surface area contributed by atoms with Crippen molar-refractivity contribution >= 4 is 17.6 Å². The highest BCUT2D eigenvalue weighted by Crippen LogP contribution is 2.38. The number of nitro benzene ring substituents is 1. The molecule has 2 atom stereocenters. The molecule has 0 radical (unpaired) electrons. The van der Waals surface area contributed by atoms with Crippen LogP contribution in [0.1, 0.15) is 41.9 Å². The molecule has 35 heavy (non-hydrogen) atoms. The largest absolute Gasteiger partial charge is 0.463 e. The molecule has 2 unspecified atom stereocenters. The van der Waals surface area contributed by atoms with Crippen LogP contribution in [0.5, 0.6) is 0 Å². The zero-order valence-corrected chi connectivity index (χ0v) is 19.4. The van der Waals surface area contributed by atoms with Gasteiger partial charge in [0.15, 0.2) is 0 Å². The van der Waals surface area contributed by atoms with Crippen molar-refractivity contribution in [1.29, 1.82) is 0 Å². The quantitative estimate of drug-likeness (QED) is 0.153. The van der Waals surface area contributed by atoms with Gasteiger partial charge >= 0.3 is 11.9 Å². The molecule has 7 heteroatoms. The summed E-state index contributed by atoms with van der Waals surface area (Å²) in [6.45, 7) is 2.09. The first kappa shape index (κ1) is 25.4. The third-order valence-corrected chi connectivity index (χ3v) is 5.50. The van der Waals surface area contributed by atoms with Gasteiger partial charge in [-0.05, 0) is 30.0 Å². The molecular weight excluding hydrogens is 446 g/mol. The van der Waals surface area contributed by atoms with E-state index >= 15 is 0 Å². The highest BCUT2D eigenvalue weighted by atomic mass is 16.6. The molecule has 0 heterocycles. The van der Waals surface area contributed by atoms with Gasteiger partial charge in [-0.15, -0.1) is 0 Å².